The van der Waals surface area contributed by atoms with Gasteiger partial charge in [-0.25, -0.2) is 14.4 Å². The zero-order chi connectivity index (χ0) is 29.6. The third-order valence-electron chi connectivity index (χ3n) is 7.08. The van der Waals surface area contributed by atoms with E-state index in [9.17, 15) is 27.5 Å². The molecular formula is C27H27F4N7O3. The molecule has 0 aliphatic heterocycles. The standard InChI is InChI=1S/C27H27F4N7O3/c1-15-20(13-38(36-15)25(2,3)14-39)34-24-32-11-18(12-33-24)16-4-5-17(19(28)8-16)9-23(40)35-22-10-21(41-37-22)26(6-7-26)27(29,30)31/h4-5,8,10-13,39H,6-7,9,14H2,1-3H3,(H,32,33,34)(H,35,37,40). The molecule has 1 aromatic carbocycles. The van der Waals surface area contributed by atoms with Gasteiger partial charge in [-0.15, -0.1) is 0 Å². The Morgan fingerprint density at radius 3 is 2.46 bits per heavy atom. The lowest BCUT2D eigenvalue weighted by Crippen LogP contribution is -2.30. The minimum absolute atomic E-state index is 0.0846. The van der Waals surface area contributed by atoms with E-state index in [-0.39, 0.29) is 43.0 Å². The van der Waals surface area contributed by atoms with E-state index in [2.05, 4.69) is 30.9 Å². The molecule has 4 aromatic rings. The molecule has 14 heteroatoms. The summed E-state index contributed by atoms with van der Waals surface area (Å²) in [5.74, 6) is -1.53. The van der Waals surface area contributed by atoms with Crippen LogP contribution in [0.4, 0.5) is 35.0 Å². The fourth-order valence-corrected chi connectivity index (χ4v) is 4.21. The van der Waals surface area contributed by atoms with Gasteiger partial charge in [-0.05, 0) is 50.8 Å². The summed E-state index contributed by atoms with van der Waals surface area (Å²) in [6.45, 7) is 5.42. The fourth-order valence-electron chi connectivity index (χ4n) is 4.21. The van der Waals surface area contributed by atoms with Crippen molar-refractivity contribution >= 4 is 23.4 Å². The van der Waals surface area contributed by atoms with Crippen molar-refractivity contribution in [2.45, 2.75) is 57.2 Å². The first-order chi connectivity index (χ1) is 19.3. The van der Waals surface area contributed by atoms with E-state index >= 15 is 0 Å². The maximum Gasteiger partial charge on any atom is 0.401 e. The van der Waals surface area contributed by atoms with Crippen LogP contribution in [-0.4, -0.2) is 48.7 Å². The van der Waals surface area contributed by atoms with Crippen LogP contribution in [0.3, 0.4) is 0 Å². The molecule has 5 rings (SSSR count). The third kappa shape index (κ3) is 5.64. The largest absolute Gasteiger partial charge is 0.401 e. The molecule has 0 saturated heterocycles. The number of hydrogen-bond donors (Lipinski definition) is 3. The van der Waals surface area contributed by atoms with E-state index in [1.807, 2.05) is 20.8 Å². The van der Waals surface area contributed by atoms with E-state index in [0.29, 0.717) is 28.5 Å². The number of hydrogen-bond acceptors (Lipinski definition) is 8. The van der Waals surface area contributed by atoms with Crippen LogP contribution < -0.4 is 10.6 Å². The van der Waals surface area contributed by atoms with Gasteiger partial charge in [0.1, 0.15) is 11.2 Å². The molecule has 0 atom stereocenters. The lowest BCUT2D eigenvalue weighted by molar-refractivity contribution is -0.165. The van der Waals surface area contributed by atoms with Gasteiger partial charge in [0, 0.05) is 30.2 Å². The maximum absolute atomic E-state index is 14.9. The molecule has 3 aromatic heterocycles. The van der Waals surface area contributed by atoms with Crippen LogP contribution >= 0.6 is 0 Å². The number of alkyl halides is 3. The zero-order valence-electron chi connectivity index (χ0n) is 22.4. The van der Waals surface area contributed by atoms with Gasteiger partial charge >= 0.3 is 6.18 Å². The summed E-state index contributed by atoms with van der Waals surface area (Å²) >= 11 is 0. The Labute approximate surface area is 231 Å². The highest BCUT2D eigenvalue weighted by Crippen LogP contribution is 2.59. The van der Waals surface area contributed by atoms with Gasteiger partial charge in [-0.1, -0.05) is 17.3 Å². The van der Waals surface area contributed by atoms with Gasteiger partial charge in [0.25, 0.3) is 0 Å². The second-order valence-electron chi connectivity index (χ2n) is 10.7. The first kappa shape index (κ1) is 28.2. The number of halogens is 4. The van der Waals surface area contributed by atoms with Crippen molar-refractivity contribution in [1.29, 1.82) is 0 Å². The number of anilines is 3. The predicted molar refractivity (Wildman–Crippen MR) is 140 cm³/mol. The SMILES string of the molecule is Cc1nn(C(C)(C)CO)cc1Nc1ncc(-c2ccc(CC(=O)Nc3cc(C4(C(F)(F)F)CC4)on3)c(F)c2)cn1. The molecule has 216 valence electrons. The third-order valence-corrected chi connectivity index (χ3v) is 7.08. The van der Waals surface area contributed by atoms with Crippen molar-refractivity contribution in [3.05, 3.63) is 65.7 Å². The Bertz CT molecular complexity index is 1570. The van der Waals surface area contributed by atoms with Gasteiger partial charge in [0.2, 0.25) is 11.9 Å². The van der Waals surface area contributed by atoms with E-state index in [1.165, 1.54) is 24.5 Å². The number of aliphatic hydroxyl groups is 1. The number of rotatable bonds is 9. The van der Waals surface area contributed by atoms with Gasteiger partial charge in [-0.3, -0.25) is 9.48 Å². The van der Waals surface area contributed by atoms with Gasteiger partial charge in [0.05, 0.1) is 29.9 Å². The lowest BCUT2D eigenvalue weighted by Gasteiger charge is -2.22. The van der Waals surface area contributed by atoms with E-state index in [4.69, 9.17) is 4.52 Å². The van der Waals surface area contributed by atoms with Crippen LogP contribution in [0, 0.1) is 12.7 Å². The number of carbonyl (C=O) groups excluding carboxylic acids is 1. The Hall–Kier alpha value is -4.33. The fraction of sp³-hybridized carbons (Fsp3) is 0.370. The predicted octanol–water partition coefficient (Wildman–Crippen LogP) is 5.02. The van der Waals surface area contributed by atoms with Gasteiger partial charge in [-0.2, -0.15) is 18.3 Å². The second kappa shape index (κ2) is 10.3. The molecule has 41 heavy (non-hydrogen) atoms. The number of nitrogens with zero attached hydrogens (tertiary/aromatic N) is 5. The number of aryl methyl sites for hydroxylation is 1. The molecule has 0 radical (unpaired) electrons. The summed E-state index contributed by atoms with van der Waals surface area (Å²) in [4.78, 5) is 21.0. The number of aliphatic hydroxyl groups excluding tert-OH is 1. The maximum atomic E-state index is 14.9. The average molecular weight is 574 g/mol. The van der Waals surface area contributed by atoms with Crippen LogP contribution in [0.1, 0.15) is 43.7 Å². The number of nitrogens with one attached hydrogen (secondary N) is 2. The topological polar surface area (TPSA) is 131 Å². The quantitative estimate of drug-likeness (QED) is 0.238. The van der Waals surface area contributed by atoms with Crippen molar-refractivity contribution in [2.75, 3.05) is 17.2 Å². The van der Waals surface area contributed by atoms with Crippen molar-refractivity contribution in [3.63, 3.8) is 0 Å². The molecule has 1 fully saturated rings. The smallest absolute Gasteiger partial charge is 0.394 e. The Morgan fingerprint density at radius 1 is 1.15 bits per heavy atom. The monoisotopic (exact) mass is 573 g/mol. The van der Waals surface area contributed by atoms with E-state index < -0.39 is 28.9 Å². The highest BCUT2D eigenvalue weighted by Gasteiger charge is 2.66. The number of aromatic nitrogens is 5. The normalized spacial score (nSPS) is 14.6. The number of amides is 1. The van der Waals surface area contributed by atoms with Crippen LogP contribution in [0.2, 0.25) is 0 Å². The molecule has 0 spiro atoms. The number of carbonyl (C=O) groups is 1. The molecule has 3 heterocycles. The zero-order valence-corrected chi connectivity index (χ0v) is 22.4. The van der Waals surface area contributed by atoms with Crippen LogP contribution in [0.25, 0.3) is 11.1 Å². The van der Waals surface area contributed by atoms with Crippen LogP contribution in [0.15, 0.2) is 47.4 Å². The summed E-state index contributed by atoms with van der Waals surface area (Å²) in [5, 5.41) is 22.9. The minimum Gasteiger partial charge on any atom is -0.394 e. The molecule has 0 bridgehead atoms. The Balaban J connectivity index is 1.21. The molecule has 1 amide bonds. The van der Waals surface area contributed by atoms with Crippen LogP contribution in [0.5, 0.6) is 0 Å². The van der Waals surface area contributed by atoms with Crippen molar-refractivity contribution < 1.29 is 32.0 Å². The van der Waals surface area contributed by atoms with Gasteiger partial charge in [0.15, 0.2) is 11.6 Å². The van der Waals surface area contributed by atoms with Crippen molar-refractivity contribution in [2.24, 2.45) is 0 Å². The highest BCUT2D eigenvalue weighted by molar-refractivity contribution is 5.91. The molecule has 10 nitrogen and oxygen atoms in total. The van der Waals surface area contributed by atoms with Gasteiger partial charge < -0.3 is 20.3 Å². The summed E-state index contributed by atoms with van der Waals surface area (Å²) in [5.41, 5.74) is -0.172. The molecule has 3 N–H and O–H groups in total. The summed E-state index contributed by atoms with van der Waals surface area (Å²) in [6.07, 6.45) is -0.249. The second-order valence-corrected chi connectivity index (χ2v) is 10.7. The first-order valence-electron chi connectivity index (χ1n) is 12.7. The van der Waals surface area contributed by atoms with Crippen LogP contribution in [-0.2, 0) is 22.2 Å². The van der Waals surface area contributed by atoms with Crippen molar-refractivity contribution in [1.82, 2.24) is 24.9 Å². The molecular weight excluding hydrogens is 546 g/mol. The molecule has 1 aliphatic rings. The lowest BCUT2D eigenvalue weighted by atomic mass is 10.0. The number of benzene rings is 1. The molecule has 1 saturated carbocycles. The van der Waals surface area contributed by atoms with E-state index in [0.717, 1.165) is 6.07 Å². The average Bonchev–Trinajstić information content (AvgIpc) is 3.49. The molecule has 1 aliphatic carbocycles. The van der Waals surface area contributed by atoms with E-state index in [1.54, 1.807) is 16.9 Å². The minimum atomic E-state index is -4.47. The summed E-state index contributed by atoms with van der Waals surface area (Å²) in [7, 11) is 0. The highest BCUT2D eigenvalue weighted by atomic mass is 19.4. The first-order valence-corrected chi connectivity index (χ1v) is 12.7. The summed E-state index contributed by atoms with van der Waals surface area (Å²) in [6, 6.07) is 5.35. The Kier molecular flexibility index (Phi) is 7.05. The summed E-state index contributed by atoms with van der Waals surface area (Å²) < 4.78 is 61.2. The van der Waals surface area contributed by atoms with Crippen molar-refractivity contribution in [3.8, 4) is 11.1 Å². The Morgan fingerprint density at radius 2 is 1.85 bits per heavy atom. The molecule has 0 unspecified atom stereocenters.